The molecule has 0 radical (unpaired) electrons. The molecule has 5 nitrogen and oxygen atoms in total. The predicted molar refractivity (Wildman–Crippen MR) is 137 cm³/mol. The van der Waals surface area contributed by atoms with Crippen LogP contribution in [0.3, 0.4) is 0 Å². The number of methoxy groups -OCH3 is 1. The summed E-state index contributed by atoms with van der Waals surface area (Å²) < 4.78 is 12.5. The van der Waals surface area contributed by atoms with Gasteiger partial charge in [-0.1, -0.05) is 64.5 Å². The maximum Gasteiger partial charge on any atom is 0.277 e. The molecule has 0 saturated carbocycles. The first-order chi connectivity index (χ1) is 16.0. The highest BCUT2D eigenvalue weighted by Gasteiger charge is 2.34. The van der Waals surface area contributed by atoms with E-state index >= 15 is 0 Å². The second-order valence-corrected chi connectivity index (χ2v) is 8.88. The number of nitrogens with one attached hydrogen (secondary N) is 1. The molecule has 1 N–H and O–H groups in total. The Hall–Kier alpha value is -3.16. The standard InChI is InChI=1S/C26H23BrN2O3S/c1-17(20-8-4-3-5-9-20)29-25(30)22(28-26(29)33)14-18-11-12-23(24(15-18)31-2)32-16-19-7-6-10-21(27)13-19/h3-15,17H,16H2,1-2H3,(H,28,33)/b22-14+. The van der Waals surface area contributed by atoms with E-state index in [1.54, 1.807) is 18.1 Å². The number of hydrogen-bond acceptors (Lipinski definition) is 4. The quantitative estimate of drug-likeness (QED) is 0.311. The number of halogens is 1. The van der Waals surface area contributed by atoms with Gasteiger partial charge in [0.25, 0.3) is 5.91 Å². The van der Waals surface area contributed by atoms with Gasteiger partial charge in [0, 0.05) is 4.47 Å². The zero-order chi connectivity index (χ0) is 23.4. The van der Waals surface area contributed by atoms with Gasteiger partial charge in [-0.3, -0.25) is 9.69 Å². The SMILES string of the molecule is COc1cc(/C=C2/NC(=S)N(C(C)c3ccccc3)C2=O)ccc1OCc1cccc(Br)c1. The molecule has 1 atom stereocenters. The molecular formula is C26H23BrN2O3S. The number of rotatable bonds is 7. The van der Waals surface area contributed by atoms with Crippen molar-refractivity contribution in [3.05, 3.63) is 99.7 Å². The minimum absolute atomic E-state index is 0.162. The summed E-state index contributed by atoms with van der Waals surface area (Å²) in [7, 11) is 1.59. The van der Waals surface area contributed by atoms with Crippen LogP contribution < -0.4 is 14.8 Å². The summed E-state index contributed by atoms with van der Waals surface area (Å²) in [4.78, 5) is 14.7. The lowest BCUT2D eigenvalue weighted by Crippen LogP contribution is -2.33. The minimum atomic E-state index is -0.173. The van der Waals surface area contributed by atoms with E-state index in [1.807, 2.05) is 79.7 Å². The molecule has 0 spiro atoms. The largest absolute Gasteiger partial charge is 0.493 e. The van der Waals surface area contributed by atoms with Crippen LogP contribution in [-0.2, 0) is 11.4 Å². The topological polar surface area (TPSA) is 50.8 Å². The first kappa shape index (κ1) is 23.0. The molecule has 0 aromatic heterocycles. The van der Waals surface area contributed by atoms with E-state index in [9.17, 15) is 4.79 Å². The number of nitrogens with zero attached hydrogens (tertiary/aromatic N) is 1. The molecular weight excluding hydrogens is 500 g/mol. The van der Waals surface area contributed by atoms with Crippen molar-refractivity contribution in [1.82, 2.24) is 10.2 Å². The molecule has 3 aromatic carbocycles. The normalized spacial score (nSPS) is 15.5. The first-order valence-corrected chi connectivity index (χ1v) is 11.6. The highest BCUT2D eigenvalue weighted by molar-refractivity contribution is 9.10. The number of benzene rings is 3. The molecule has 1 aliphatic heterocycles. The van der Waals surface area contributed by atoms with Gasteiger partial charge in [0.2, 0.25) is 0 Å². The lowest BCUT2D eigenvalue weighted by atomic mass is 10.1. The van der Waals surface area contributed by atoms with Gasteiger partial charge in [0.1, 0.15) is 12.3 Å². The Morgan fingerprint density at radius 3 is 2.58 bits per heavy atom. The van der Waals surface area contributed by atoms with Crippen LogP contribution in [-0.4, -0.2) is 23.0 Å². The Bertz CT molecular complexity index is 1210. The molecule has 7 heteroatoms. The molecule has 0 bridgehead atoms. The fraction of sp³-hybridized carbons (Fsp3) is 0.154. The van der Waals surface area contributed by atoms with Crippen molar-refractivity contribution in [2.45, 2.75) is 19.6 Å². The van der Waals surface area contributed by atoms with Crippen LogP contribution in [0.5, 0.6) is 11.5 Å². The summed E-state index contributed by atoms with van der Waals surface area (Å²) >= 11 is 8.92. The van der Waals surface area contributed by atoms with Crippen molar-refractivity contribution >= 4 is 45.2 Å². The lowest BCUT2D eigenvalue weighted by molar-refractivity contribution is -0.123. The van der Waals surface area contributed by atoms with Gasteiger partial charge in [-0.05, 0) is 66.2 Å². The Morgan fingerprint density at radius 2 is 1.85 bits per heavy atom. The molecule has 1 aliphatic rings. The van der Waals surface area contributed by atoms with Crippen LogP contribution in [0.1, 0.15) is 29.7 Å². The van der Waals surface area contributed by atoms with Gasteiger partial charge < -0.3 is 14.8 Å². The first-order valence-electron chi connectivity index (χ1n) is 10.4. The highest BCUT2D eigenvalue weighted by atomic mass is 79.9. The average Bonchev–Trinajstić information content (AvgIpc) is 3.10. The van der Waals surface area contributed by atoms with E-state index in [1.165, 1.54) is 0 Å². The van der Waals surface area contributed by atoms with Gasteiger partial charge in [-0.25, -0.2) is 0 Å². The second kappa shape index (κ2) is 10.2. The van der Waals surface area contributed by atoms with E-state index in [0.717, 1.165) is 21.2 Å². The molecule has 1 heterocycles. The number of carbonyl (C=O) groups excluding carboxylic acids is 1. The molecule has 4 rings (SSSR count). The van der Waals surface area contributed by atoms with Crippen LogP contribution in [0.15, 0.2) is 83.0 Å². The third kappa shape index (κ3) is 5.26. The Balaban J connectivity index is 1.51. The third-order valence-electron chi connectivity index (χ3n) is 5.36. The minimum Gasteiger partial charge on any atom is -0.493 e. The van der Waals surface area contributed by atoms with Gasteiger partial charge in [-0.2, -0.15) is 0 Å². The second-order valence-electron chi connectivity index (χ2n) is 7.58. The van der Waals surface area contributed by atoms with Crippen molar-refractivity contribution in [2.24, 2.45) is 0 Å². The Morgan fingerprint density at radius 1 is 1.06 bits per heavy atom. The monoisotopic (exact) mass is 522 g/mol. The number of thiocarbonyl (C=S) groups is 1. The maximum absolute atomic E-state index is 13.1. The van der Waals surface area contributed by atoms with E-state index in [0.29, 0.717) is 28.9 Å². The zero-order valence-corrected chi connectivity index (χ0v) is 20.7. The number of ether oxygens (including phenoxy) is 2. The van der Waals surface area contributed by atoms with Crippen molar-refractivity contribution in [3.63, 3.8) is 0 Å². The number of carbonyl (C=O) groups is 1. The molecule has 1 amide bonds. The van der Waals surface area contributed by atoms with Crippen molar-refractivity contribution < 1.29 is 14.3 Å². The van der Waals surface area contributed by atoms with Crippen LogP contribution in [0.25, 0.3) is 6.08 Å². The van der Waals surface area contributed by atoms with Crippen molar-refractivity contribution in [2.75, 3.05) is 7.11 Å². The van der Waals surface area contributed by atoms with Gasteiger partial charge in [0.15, 0.2) is 16.6 Å². The van der Waals surface area contributed by atoms with E-state index in [2.05, 4.69) is 21.2 Å². The van der Waals surface area contributed by atoms with Crippen LogP contribution in [0.2, 0.25) is 0 Å². The molecule has 33 heavy (non-hydrogen) atoms. The van der Waals surface area contributed by atoms with Crippen LogP contribution >= 0.6 is 28.1 Å². The van der Waals surface area contributed by atoms with E-state index in [4.69, 9.17) is 21.7 Å². The smallest absolute Gasteiger partial charge is 0.277 e. The summed E-state index contributed by atoms with van der Waals surface area (Å²) in [6.07, 6.45) is 1.77. The van der Waals surface area contributed by atoms with Gasteiger partial charge in [0.05, 0.1) is 13.2 Å². The summed E-state index contributed by atoms with van der Waals surface area (Å²) in [5.74, 6) is 1.05. The van der Waals surface area contributed by atoms with Crippen molar-refractivity contribution in [3.8, 4) is 11.5 Å². The van der Waals surface area contributed by atoms with E-state index < -0.39 is 0 Å². The zero-order valence-electron chi connectivity index (χ0n) is 18.2. The number of hydrogen-bond donors (Lipinski definition) is 1. The van der Waals surface area contributed by atoms with E-state index in [-0.39, 0.29) is 11.9 Å². The molecule has 0 aliphatic carbocycles. The molecule has 1 saturated heterocycles. The summed E-state index contributed by atoms with van der Waals surface area (Å²) in [5.41, 5.74) is 3.28. The maximum atomic E-state index is 13.1. The number of amides is 1. The third-order valence-corrected chi connectivity index (χ3v) is 6.15. The van der Waals surface area contributed by atoms with Crippen molar-refractivity contribution in [1.29, 1.82) is 0 Å². The molecule has 1 fully saturated rings. The summed E-state index contributed by atoms with van der Waals surface area (Å²) in [5, 5.41) is 3.44. The Kier molecular flexibility index (Phi) is 7.11. The fourth-order valence-corrected chi connectivity index (χ4v) is 4.43. The fourth-order valence-electron chi connectivity index (χ4n) is 3.63. The highest BCUT2D eigenvalue weighted by Crippen LogP contribution is 2.31. The van der Waals surface area contributed by atoms with Crippen LogP contribution in [0.4, 0.5) is 0 Å². The lowest BCUT2D eigenvalue weighted by Gasteiger charge is -2.23. The summed E-state index contributed by atoms with van der Waals surface area (Å²) in [6.45, 7) is 2.38. The Labute approximate surface area is 207 Å². The average molecular weight is 523 g/mol. The molecule has 168 valence electrons. The van der Waals surface area contributed by atoms with Gasteiger partial charge in [-0.15, -0.1) is 0 Å². The summed E-state index contributed by atoms with van der Waals surface area (Å²) in [6, 6.07) is 23.1. The molecule has 3 aromatic rings. The van der Waals surface area contributed by atoms with Crippen LogP contribution in [0, 0.1) is 0 Å². The molecule has 1 unspecified atom stereocenters. The predicted octanol–water partition coefficient (Wildman–Crippen LogP) is 5.86. The van der Waals surface area contributed by atoms with Gasteiger partial charge >= 0.3 is 0 Å².